The molecular formula is C18H23FN4O2. The molecule has 1 aromatic heterocycles. The zero-order valence-electron chi connectivity index (χ0n) is 14.2. The zero-order chi connectivity index (χ0) is 17.8. The van der Waals surface area contributed by atoms with E-state index in [1.54, 1.807) is 42.2 Å². The third-order valence-corrected chi connectivity index (χ3v) is 4.57. The minimum Gasteiger partial charge on any atom is -0.391 e. The van der Waals surface area contributed by atoms with Crippen molar-refractivity contribution in [1.82, 2.24) is 14.7 Å². The lowest BCUT2D eigenvalue weighted by atomic mass is 9.92. The number of hydrogen-bond acceptors (Lipinski definition) is 4. The summed E-state index contributed by atoms with van der Waals surface area (Å²) in [6, 6.07) is 8.02. The van der Waals surface area contributed by atoms with Crippen LogP contribution in [-0.4, -0.2) is 50.9 Å². The van der Waals surface area contributed by atoms with E-state index in [0.717, 1.165) is 6.42 Å². The number of aliphatic hydroxyl groups is 1. The van der Waals surface area contributed by atoms with Crippen molar-refractivity contribution >= 4 is 11.7 Å². The van der Waals surface area contributed by atoms with Crippen LogP contribution in [0, 0.1) is 5.82 Å². The standard InChI is InChI=1S/C18H23FN4O2/c1-22-10-8-17(21-22)20-18(25)12-23-9-4-7-16(24)15(23)11-13-5-2-3-6-14(13)19/h2-3,5-6,8,10,15-16,24H,4,7,9,11-12H2,1H3,(H,20,21,25)/t15-,16-/m0/s1. The van der Waals surface area contributed by atoms with Gasteiger partial charge in [0.05, 0.1) is 12.6 Å². The van der Waals surface area contributed by atoms with Crippen molar-refractivity contribution in [3.8, 4) is 0 Å². The summed E-state index contributed by atoms with van der Waals surface area (Å²) in [4.78, 5) is 14.2. The van der Waals surface area contributed by atoms with Gasteiger partial charge in [0.15, 0.2) is 5.82 Å². The van der Waals surface area contributed by atoms with Crippen LogP contribution in [0.2, 0.25) is 0 Å². The normalized spacial score (nSPS) is 21.2. The number of benzene rings is 1. The molecule has 1 aliphatic rings. The fourth-order valence-corrected chi connectivity index (χ4v) is 3.30. The van der Waals surface area contributed by atoms with Crippen molar-refractivity contribution in [2.75, 3.05) is 18.4 Å². The fourth-order valence-electron chi connectivity index (χ4n) is 3.30. The van der Waals surface area contributed by atoms with Crippen LogP contribution in [0.25, 0.3) is 0 Å². The van der Waals surface area contributed by atoms with Gasteiger partial charge in [0, 0.05) is 25.4 Å². The molecule has 1 fully saturated rings. The third kappa shape index (κ3) is 4.43. The Labute approximate surface area is 146 Å². The first-order chi connectivity index (χ1) is 12.0. The molecule has 0 spiro atoms. The average Bonchev–Trinajstić information content (AvgIpc) is 2.97. The van der Waals surface area contributed by atoms with Gasteiger partial charge < -0.3 is 10.4 Å². The van der Waals surface area contributed by atoms with Crippen LogP contribution in [0.4, 0.5) is 10.2 Å². The molecule has 2 aromatic rings. The summed E-state index contributed by atoms with van der Waals surface area (Å²) < 4.78 is 15.6. The number of halogens is 1. The van der Waals surface area contributed by atoms with Gasteiger partial charge in [-0.2, -0.15) is 5.10 Å². The highest BCUT2D eigenvalue weighted by Crippen LogP contribution is 2.22. The SMILES string of the molecule is Cn1ccc(NC(=O)CN2CCC[C@H](O)[C@@H]2Cc2ccccc2F)n1. The third-order valence-electron chi connectivity index (χ3n) is 4.57. The number of carbonyl (C=O) groups excluding carboxylic acids is 1. The van der Waals surface area contributed by atoms with Crippen LogP contribution in [0.5, 0.6) is 0 Å². The van der Waals surface area contributed by atoms with Crippen LogP contribution in [0.15, 0.2) is 36.5 Å². The molecule has 0 bridgehead atoms. The van der Waals surface area contributed by atoms with Gasteiger partial charge in [-0.3, -0.25) is 14.4 Å². The predicted octanol–water partition coefficient (Wildman–Crippen LogP) is 1.57. The Kier molecular flexibility index (Phi) is 5.45. The number of anilines is 1. The first-order valence-electron chi connectivity index (χ1n) is 8.48. The minimum atomic E-state index is -0.573. The van der Waals surface area contributed by atoms with E-state index in [1.807, 2.05) is 4.90 Å². The molecule has 0 aliphatic carbocycles. The molecule has 1 aromatic carbocycles. The van der Waals surface area contributed by atoms with E-state index in [-0.39, 0.29) is 24.3 Å². The molecule has 0 unspecified atom stereocenters. The number of aryl methyl sites for hydroxylation is 1. The molecule has 25 heavy (non-hydrogen) atoms. The molecule has 2 atom stereocenters. The maximum atomic E-state index is 14.0. The number of aromatic nitrogens is 2. The quantitative estimate of drug-likeness (QED) is 0.862. The van der Waals surface area contributed by atoms with Gasteiger partial charge in [-0.25, -0.2) is 4.39 Å². The fraction of sp³-hybridized carbons (Fsp3) is 0.444. The highest BCUT2D eigenvalue weighted by atomic mass is 19.1. The Balaban J connectivity index is 1.67. The molecule has 1 amide bonds. The number of rotatable bonds is 5. The summed E-state index contributed by atoms with van der Waals surface area (Å²) in [6.07, 6.45) is 3.03. The van der Waals surface area contributed by atoms with E-state index in [0.29, 0.717) is 30.8 Å². The topological polar surface area (TPSA) is 70.4 Å². The minimum absolute atomic E-state index is 0.146. The summed E-state index contributed by atoms with van der Waals surface area (Å²) in [5, 5.41) is 17.3. The Hall–Kier alpha value is -2.25. The molecule has 2 N–H and O–H groups in total. The molecule has 1 saturated heterocycles. The number of likely N-dealkylation sites (tertiary alicyclic amines) is 1. The number of piperidine rings is 1. The Morgan fingerprint density at radius 2 is 2.20 bits per heavy atom. The van der Waals surface area contributed by atoms with Crippen LogP contribution in [-0.2, 0) is 18.3 Å². The van der Waals surface area contributed by atoms with E-state index >= 15 is 0 Å². The summed E-state index contributed by atoms with van der Waals surface area (Å²) in [5.41, 5.74) is 0.559. The van der Waals surface area contributed by atoms with E-state index in [1.165, 1.54) is 6.07 Å². The lowest BCUT2D eigenvalue weighted by Gasteiger charge is -2.38. The number of carbonyl (C=O) groups is 1. The van der Waals surface area contributed by atoms with E-state index < -0.39 is 6.10 Å². The first kappa shape index (κ1) is 17.6. The highest BCUT2D eigenvalue weighted by molar-refractivity contribution is 5.91. The molecule has 2 heterocycles. The van der Waals surface area contributed by atoms with E-state index in [9.17, 15) is 14.3 Å². The van der Waals surface area contributed by atoms with E-state index in [2.05, 4.69) is 10.4 Å². The van der Waals surface area contributed by atoms with Crippen LogP contribution in [0.3, 0.4) is 0 Å². The Morgan fingerprint density at radius 3 is 2.92 bits per heavy atom. The first-order valence-corrected chi connectivity index (χ1v) is 8.48. The second kappa shape index (κ2) is 7.76. The van der Waals surface area contributed by atoms with Crippen molar-refractivity contribution in [2.45, 2.75) is 31.4 Å². The van der Waals surface area contributed by atoms with Crippen molar-refractivity contribution < 1.29 is 14.3 Å². The average molecular weight is 346 g/mol. The summed E-state index contributed by atoms with van der Waals surface area (Å²) in [6.45, 7) is 0.846. The van der Waals surface area contributed by atoms with Gasteiger partial charge in [0.25, 0.3) is 0 Å². The predicted molar refractivity (Wildman–Crippen MR) is 92.5 cm³/mol. The smallest absolute Gasteiger partial charge is 0.239 e. The van der Waals surface area contributed by atoms with Crippen molar-refractivity contribution in [1.29, 1.82) is 0 Å². The summed E-state index contributed by atoms with van der Waals surface area (Å²) in [5.74, 6) is 0.0280. The molecule has 0 saturated carbocycles. The zero-order valence-corrected chi connectivity index (χ0v) is 14.2. The number of nitrogens with one attached hydrogen (secondary N) is 1. The van der Waals surface area contributed by atoms with Gasteiger partial charge in [-0.15, -0.1) is 0 Å². The molecule has 7 heteroatoms. The maximum absolute atomic E-state index is 14.0. The van der Waals surface area contributed by atoms with Crippen LogP contribution in [0.1, 0.15) is 18.4 Å². The number of nitrogens with zero attached hydrogens (tertiary/aromatic N) is 3. The number of aliphatic hydroxyl groups excluding tert-OH is 1. The lowest BCUT2D eigenvalue weighted by Crippen LogP contribution is -2.51. The monoisotopic (exact) mass is 346 g/mol. The van der Waals surface area contributed by atoms with Gasteiger partial charge in [-0.1, -0.05) is 18.2 Å². The maximum Gasteiger partial charge on any atom is 0.239 e. The van der Waals surface area contributed by atoms with Gasteiger partial charge >= 0.3 is 0 Å². The number of amides is 1. The molecular weight excluding hydrogens is 323 g/mol. The van der Waals surface area contributed by atoms with Crippen LogP contribution >= 0.6 is 0 Å². The second-order valence-corrected chi connectivity index (χ2v) is 6.47. The molecule has 3 rings (SSSR count). The summed E-state index contributed by atoms with van der Waals surface area (Å²) >= 11 is 0. The summed E-state index contributed by atoms with van der Waals surface area (Å²) in [7, 11) is 1.78. The molecule has 134 valence electrons. The van der Waals surface area contributed by atoms with Gasteiger partial charge in [0.2, 0.25) is 5.91 Å². The van der Waals surface area contributed by atoms with Crippen molar-refractivity contribution in [3.63, 3.8) is 0 Å². The van der Waals surface area contributed by atoms with Crippen molar-refractivity contribution in [3.05, 3.63) is 47.9 Å². The molecule has 0 radical (unpaired) electrons. The van der Waals surface area contributed by atoms with Crippen molar-refractivity contribution in [2.24, 2.45) is 7.05 Å². The molecule has 1 aliphatic heterocycles. The highest BCUT2D eigenvalue weighted by Gasteiger charge is 2.32. The largest absolute Gasteiger partial charge is 0.391 e. The second-order valence-electron chi connectivity index (χ2n) is 6.47. The number of hydrogen-bond donors (Lipinski definition) is 2. The van der Waals surface area contributed by atoms with Gasteiger partial charge in [0.1, 0.15) is 5.82 Å². The lowest BCUT2D eigenvalue weighted by molar-refractivity contribution is -0.119. The van der Waals surface area contributed by atoms with Crippen LogP contribution < -0.4 is 5.32 Å². The van der Waals surface area contributed by atoms with Gasteiger partial charge in [-0.05, 0) is 37.4 Å². The molecule has 6 nitrogen and oxygen atoms in total. The van der Waals surface area contributed by atoms with E-state index in [4.69, 9.17) is 0 Å². The Bertz CT molecular complexity index is 733. The Morgan fingerprint density at radius 1 is 1.40 bits per heavy atom.